The summed E-state index contributed by atoms with van der Waals surface area (Å²) in [5.74, 6) is -2.26. The first kappa shape index (κ1) is 12.7. The van der Waals surface area contributed by atoms with Gasteiger partial charge in [0.25, 0.3) is 0 Å². The predicted octanol–water partition coefficient (Wildman–Crippen LogP) is 1.51. The zero-order chi connectivity index (χ0) is 12.5. The number of phenols is 1. The highest BCUT2D eigenvalue weighted by atomic mass is 19.4. The lowest BCUT2D eigenvalue weighted by atomic mass is 9.99. The van der Waals surface area contributed by atoms with Crippen LogP contribution in [0.4, 0.5) is 17.6 Å². The van der Waals surface area contributed by atoms with E-state index in [1.165, 1.54) is 0 Å². The summed E-state index contributed by atoms with van der Waals surface area (Å²) in [6.07, 6.45) is -4.71. The molecule has 3 nitrogen and oxygen atoms in total. The van der Waals surface area contributed by atoms with Crippen LogP contribution in [0.1, 0.15) is 17.2 Å². The number of phenolic OH excluding ortho intramolecular Hbond substituents is 1. The van der Waals surface area contributed by atoms with Gasteiger partial charge in [-0.3, -0.25) is 0 Å². The summed E-state index contributed by atoms with van der Waals surface area (Å²) in [7, 11) is 0. The molecule has 16 heavy (non-hydrogen) atoms. The van der Waals surface area contributed by atoms with Gasteiger partial charge < -0.3 is 16.6 Å². The van der Waals surface area contributed by atoms with E-state index in [4.69, 9.17) is 11.5 Å². The Labute approximate surface area is 88.7 Å². The average Bonchev–Trinajstić information content (AvgIpc) is 2.19. The molecule has 1 aromatic rings. The summed E-state index contributed by atoms with van der Waals surface area (Å²) >= 11 is 0. The van der Waals surface area contributed by atoms with E-state index in [2.05, 4.69) is 0 Å². The lowest BCUT2D eigenvalue weighted by molar-refractivity contribution is -0.138. The van der Waals surface area contributed by atoms with E-state index < -0.39 is 34.9 Å². The van der Waals surface area contributed by atoms with E-state index in [9.17, 15) is 22.7 Å². The molecule has 1 aromatic carbocycles. The van der Waals surface area contributed by atoms with Crippen molar-refractivity contribution in [3.8, 4) is 5.75 Å². The third-order valence-corrected chi connectivity index (χ3v) is 2.10. The fourth-order valence-electron chi connectivity index (χ4n) is 1.32. The van der Waals surface area contributed by atoms with Crippen molar-refractivity contribution in [2.45, 2.75) is 12.2 Å². The third-order valence-electron chi connectivity index (χ3n) is 2.10. The summed E-state index contributed by atoms with van der Waals surface area (Å²) in [5.41, 5.74) is 8.53. The molecule has 1 atom stereocenters. The van der Waals surface area contributed by atoms with Crippen molar-refractivity contribution in [1.82, 2.24) is 0 Å². The van der Waals surface area contributed by atoms with Gasteiger partial charge in [-0.05, 0) is 12.1 Å². The molecule has 0 heterocycles. The van der Waals surface area contributed by atoms with Gasteiger partial charge in [-0.15, -0.1) is 0 Å². The van der Waals surface area contributed by atoms with E-state index in [0.29, 0.717) is 12.1 Å². The molecule has 0 aromatic heterocycles. The summed E-state index contributed by atoms with van der Waals surface area (Å²) in [4.78, 5) is 0. The van der Waals surface area contributed by atoms with Gasteiger partial charge in [-0.2, -0.15) is 13.2 Å². The molecule has 90 valence electrons. The van der Waals surface area contributed by atoms with E-state index in [1.807, 2.05) is 0 Å². The lowest BCUT2D eigenvalue weighted by Gasteiger charge is -2.18. The number of aromatic hydroxyl groups is 1. The maximum absolute atomic E-state index is 12.9. The third kappa shape index (κ3) is 2.25. The Kier molecular flexibility index (Phi) is 3.39. The fourth-order valence-corrected chi connectivity index (χ4v) is 1.32. The van der Waals surface area contributed by atoms with Crippen molar-refractivity contribution in [3.05, 3.63) is 29.1 Å². The Morgan fingerprint density at radius 2 is 1.88 bits per heavy atom. The van der Waals surface area contributed by atoms with Crippen LogP contribution in [0.2, 0.25) is 0 Å². The Morgan fingerprint density at radius 3 is 2.31 bits per heavy atom. The van der Waals surface area contributed by atoms with Gasteiger partial charge >= 0.3 is 6.18 Å². The number of hydrogen-bond acceptors (Lipinski definition) is 3. The molecule has 0 radical (unpaired) electrons. The van der Waals surface area contributed by atoms with Crippen LogP contribution in [0.15, 0.2) is 12.1 Å². The smallest absolute Gasteiger partial charge is 0.416 e. The molecular weight excluding hydrogens is 228 g/mol. The number of rotatable bonds is 2. The predicted molar refractivity (Wildman–Crippen MR) is 49.0 cm³/mol. The number of halogens is 4. The fraction of sp³-hybridized carbons (Fsp3) is 0.333. The molecule has 0 unspecified atom stereocenters. The average molecular weight is 238 g/mol. The molecule has 0 amide bonds. The zero-order valence-corrected chi connectivity index (χ0v) is 8.05. The van der Waals surface area contributed by atoms with Gasteiger partial charge in [0.1, 0.15) is 0 Å². The van der Waals surface area contributed by atoms with E-state index in [-0.39, 0.29) is 6.54 Å². The maximum atomic E-state index is 12.9. The largest absolute Gasteiger partial charge is 0.505 e. The second-order valence-corrected chi connectivity index (χ2v) is 3.20. The zero-order valence-electron chi connectivity index (χ0n) is 8.05. The Hall–Kier alpha value is -1.34. The highest BCUT2D eigenvalue weighted by Gasteiger charge is 2.36. The molecule has 0 spiro atoms. The van der Waals surface area contributed by atoms with Gasteiger partial charge in [0.15, 0.2) is 11.6 Å². The molecule has 1 rings (SSSR count). The Morgan fingerprint density at radius 1 is 1.31 bits per heavy atom. The van der Waals surface area contributed by atoms with Crippen LogP contribution in [-0.4, -0.2) is 11.7 Å². The maximum Gasteiger partial charge on any atom is 0.416 e. The minimum Gasteiger partial charge on any atom is -0.505 e. The summed E-state index contributed by atoms with van der Waals surface area (Å²) < 4.78 is 50.5. The number of alkyl halides is 3. The van der Waals surface area contributed by atoms with Crippen LogP contribution >= 0.6 is 0 Å². The molecule has 0 aliphatic heterocycles. The number of benzene rings is 1. The first-order valence-electron chi connectivity index (χ1n) is 4.33. The van der Waals surface area contributed by atoms with Crippen molar-refractivity contribution < 1.29 is 22.7 Å². The molecule has 0 fully saturated rings. The van der Waals surface area contributed by atoms with Crippen molar-refractivity contribution in [2.75, 3.05) is 6.54 Å². The highest BCUT2D eigenvalue weighted by Crippen LogP contribution is 2.39. The van der Waals surface area contributed by atoms with Gasteiger partial charge in [0, 0.05) is 18.2 Å². The monoisotopic (exact) mass is 238 g/mol. The molecule has 0 aliphatic rings. The van der Waals surface area contributed by atoms with Gasteiger partial charge in [0.05, 0.1) is 5.56 Å². The van der Waals surface area contributed by atoms with E-state index in [0.717, 1.165) is 0 Å². The molecule has 0 saturated carbocycles. The molecule has 7 heteroatoms. The van der Waals surface area contributed by atoms with Crippen LogP contribution in [0.3, 0.4) is 0 Å². The van der Waals surface area contributed by atoms with E-state index >= 15 is 0 Å². The van der Waals surface area contributed by atoms with Crippen molar-refractivity contribution in [1.29, 1.82) is 0 Å². The van der Waals surface area contributed by atoms with Crippen LogP contribution in [0.5, 0.6) is 5.75 Å². The van der Waals surface area contributed by atoms with Gasteiger partial charge in [-0.1, -0.05) is 0 Å². The summed E-state index contributed by atoms with van der Waals surface area (Å²) in [6, 6.07) is -0.211. The van der Waals surface area contributed by atoms with Gasteiger partial charge in [0.2, 0.25) is 0 Å². The number of nitrogens with two attached hydrogens (primary N) is 2. The van der Waals surface area contributed by atoms with Crippen molar-refractivity contribution in [3.63, 3.8) is 0 Å². The first-order chi connectivity index (χ1) is 7.29. The summed E-state index contributed by atoms with van der Waals surface area (Å²) in [5, 5.41) is 9.23. The standard InChI is InChI=1S/C9H10F4N2O/c10-5-2-1-4(9(11,12)13)7(8(5)16)6(15)3-14/h1-2,6,16H,3,14-15H2/t6-/m0/s1. The van der Waals surface area contributed by atoms with E-state index in [1.54, 1.807) is 0 Å². The quantitative estimate of drug-likeness (QED) is 0.684. The van der Waals surface area contributed by atoms with Crippen LogP contribution in [-0.2, 0) is 6.18 Å². The molecule has 0 saturated heterocycles. The van der Waals surface area contributed by atoms with Gasteiger partial charge in [-0.25, -0.2) is 4.39 Å². The van der Waals surface area contributed by atoms with Crippen molar-refractivity contribution >= 4 is 0 Å². The molecular formula is C9H10F4N2O. The van der Waals surface area contributed by atoms with Crippen molar-refractivity contribution in [2.24, 2.45) is 11.5 Å². The van der Waals surface area contributed by atoms with Crippen LogP contribution in [0.25, 0.3) is 0 Å². The highest BCUT2D eigenvalue weighted by molar-refractivity contribution is 5.44. The second kappa shape index (κ2) is 4.26. The van der Waals surface area contributed by atoms with Crippen LogP contribution in [0, 0.1) is 5.82 Å². The molecule has 5 N–H and O–H groups in total. The Balaban J connectivity index is 3.45. The normalized spacial score (nSPS) is 13.9. The topological polar surface area (TPSA) is 72.3 Å². The summed E-state index contributed by atoms with van der Waals surface area (Å²) in [6.45, 7) is -0.333. The van der Waals surface area contributed by atoms with Crippen LogP contribution < -0.4 is 11.5 Å². The second-order valence-electron chi connectivity index (χ2n) is 3.20. The molecule has 0 bridgehead atoms. The number of hydrogen-bond donors (Lipinski definition) is 3. The molecule has 0 aliphatic carbocycles. The first-order valence-corrected chi connectivity index (χ1v) is 4.33. The Bertz CT molecular complexity index is 392. The lowest BCUT2D eigenvalue weighted by Crippen LogP contribution is -2.24. The minimum absolute atomic E-state index is 0.333. The minimum atomic E-state index is -4.71. The SMILES string of the molecule is NC[C@H](N)c1c(C(F)(F)F)ccc(F)c1O.